The lowest BCUT2D eigenvalue weighted by Gasteiger charge is -2.35. The largest absolute Gasteiger partial charge is 0.481 e. The van der Waals surface area contributed by atoms with Gasteiger partial charge in [0.2, 0.25) is 5.91 Å². The molecule has 2 bridgehead atoms. The average Bonchev–Trinajstić information content (AvgIpc) is 3.06. The summed E-state index contributed by atoms with van der Waals surface area (Å²) in [4.78, 5) is 27.2. The Bertz CT molecular complexity index is 563. The molecule has 0 radical (unpaired) electrons. The summed E-state index contributed by atoms with van der Waals surface area (Å²) in [5.74, 6) is 0.836. The van der Waals surface area contributed by atoms with E-state index in [2.05, 4.69) is 0 Å². The summed E-state index contributed by atoms with van der Waals surface area (Å²) in [7, 11) is 0. The van der Waals surface area contributed by atoms with Crippen LogP contribution < -0.4 is 0 Å². The number of carbonyl (C=O) groups excluding carboxylic acids is 1. The first-order chi connectivity index (χ1) is 11.1. The van der Waals surface area contributed by atoms with Crippen molar-refractivity contribution in [2.24, 2.45) is 23.2 Å². The van der Waals surface area contributed by atoms with Gasteiger partial charge in [-0.2, -0.15) is 0 Å². The summed E-state index contributed by atoms with van der Waals surface area (Å²) in [6, 6.07) is -0.0934. The van der Waals surface area contributed by atoms with E-state index < -0.39 is 11.4 Å². The Kier molecular flexibility index (Phi) is 2.92. The molecule has 0 aromatic heterocycles. The standard InChI is InChI=1S/C18H25NO4/c20-16(12-9-13-10-8-11(10)15(12)23-13)19-7-6-18(17(21)22)5-3-1-2-4-14(18)19/h10-15H,1-9H2,(H,21,22)/t10-,11+,12-,13+,14+,15+,18-/m1/s1. The van der Waals surface area contributed by atoms with E-state index in [4.69, 9.17) is 4.74 Å². The monoisotopic (exact) mass is 319 g/mol. The fourth-order valence-electron chi connectivity index (χ4n) is 6.15. The molecule has 1 amide bonds. The molecule has 0 aromatic rings. The minimum absolute atomic E-state index is 0.00315. The molecule has 0 spiro atoms. The minimum atomic E-state index is -0.689. The second-order valence-electron chi connectivity index (χ2n) is 8.40. The summed E-state index contributed by atoms with van der Waals surface area (Å²) in [5.41, 5.74) is -0.688. The lowest BCUT2D eigenvalue weighted by molar-refractivity contribution is -0.152. The molecule has 1 N–H and O–H groups in total. The van der Waals surface area contributed by atoms with E-state index >= 15 is 0 Å². The maximum atomic E-state index is 13.2. The van der Waals surface area contributed by atoms with Crippen LogP contribution in [0.1, 0.15) is 51.4 Å². The summed E-state index contributed by atoms with van der Waals surface area (Å²) >= 11 is 0. The lowest BCUT2D eigenvalue weighted by atomic mass is 9.76. The number of nitrogens with zero attached hydrogens (tertiary/aromatic N) is 1. The van der Waals surface area contributed by atoms with Crippen molar-refractivity contribution < 1.29 is 19.4 Å². The van der Waals surface area contributed by atoms with E-state index in [-0.39, 0.29) is 24.0 Å². The van der Waals surface area contributed by atoms with Crippen molar-refractivity contribution in [1.29, 1.82) is 0 Å². The van der Waals surface area contributed by atoms with Gasteiger partial charge in [-0.05, 0) is 43.9 Å². The predicted octanol–water partition coefficient (Wildman–Crippen LogP) is 2.05. The molecule has 5 heteroatoms. The van der Waals surface area contributed by atoms with E-state index in [0.29, 0.717) is 25.0 Å². The van der Waals surface area contributed by atoms with Gasteiger partial charge in [0, 0.05) is 12.6 Å². The molecule has 3 aliphatic heterocycles. The van der Waals surface area contributed by atoms with Crippen LogP contribution in [0.25, 0.3) is 0 Å². The van der Waals surface area contributed by atoms with E-state index in [9.17, 15) is 14.7 Å². The van der Waals surface area contributed by atoms with E-state index in [1.54, 1.807) is 0 Å². The van der Waals surface area contributed by atoms with Crippen LogP contribution in [0.5, 0.6) is 0 Å². The number of aliphatic carboxylic acids is 1. The van der Waals surface area contributed by atoms with E-state index in [1.807, 2.05) is 4.90 Å². The SMILES string of the molecule is O=C([C@@H]1C[C@@H]2O[C@H]1[C@H]1C[C@H]12)N1CC[C@]2(C(=O)O)CCCCC[C@H]12. The molecule has 126 valence electrons. The van der Waals surface area contributed by atoms with Crippen LogP contribution in [0.2, 0.25) is 0 Å². The van der Waals surface area contributed by atoms with Gasteiger partial charge in [0.05, 0.1) is 23.5 Å². The average molecular weight is 319 g/mol. The molecule has 23 heavy (non-hydrogen) atoms. The van der Waals surface area contributed by atoms with Crippen LogP contribution in [-0.2, 0) is 14.3 Å². The van der Waals surface area contributed by atoms with Gasteiger partial charge in [-0.1, -0.05) is 19.3 Å². The van der Waals surface area contributed by atoms with Crippen LogP contribution in [0.15, 0.2) is 0 Å². The minimum Gasteiger partial charge on any atom is -0.481 e. The summed E-state index contributed by atoms with van der Waals surface area (Å²) in [6.45, 7) is 0.623. The van der Waals surface area contributed by atoms with Crippen molar-refractivity contribution >= 4 is 11.9 Å². The number of ether oxygens (including phenoxy) is 1. The molecular weight excluding hydrogens is 294 g/mol. The number of amides is 1. The molecule has 2 aliphatic carbocycles. The normalized spacial score (nSPS) is 50.3. The third kappa shape index (κ3) is 1.83. The van der Waals surface area contributed by atoms with Crippen LogP contribution in [-0.4, -0.2) is 46.7 Å². The van der Waals surface area contributed by atoms with Gasteiger partial charge < -0.3 is 14.7 Å². The maximum Gasteiger partial charge on any atom is 0.311 e. The number of carbonyl (C=O) groups is 2. The molecule has 3 saturated heterocycles. The highest BCUT2D eigenvalue weighted by molar-refractivity contribution is 5.84. The number of hydrogen-bond donors (Lipinski definition) is 1. The molecule has 5 aliphatic rings. The molecule has 5 fully saturated rings. The van der Waals surface area contributed by atoms with Gasteiger partial charge in [0.15, 0.2) is 0 Å². The summed E-state index contributed by atoms with van der Waals surface area (Å²) in [6.07, 6.45) is 7.87. The Hall–Kier alpha value is -1.10. The quantitative estimate of drug-likeness (QED) is 0.846. The zero-order valence-electron chi connectivity index (χ0n) is 13.4. The predicted molar refractivity (Wildman–Crippen MR) is 81.6 cm³/mol. The molecule has 0 unspecified atom stereocenters. The maximum absolute atomic E-state index is 13.2. The highest BCUT2D eigenvalue weighted by Gasteiger charge is 2.65. The first-order valence-electron chi connectivity index (χ1n) is 9.31. The second-order valence-corrected chi connectivity index (χ2v) is 8.40. The van der Waals surface area contributed by atoms with Gasteiger partial charge >= 0.3 is 5.97 Å². The van der Waals surface area contributed by atoms with Crippen LogP contribution in [0.3, 0.4) is 0 Å². The van der Waals surface area contributed by atoms with Crippen molar-refractivity contribution in [2.45, 2.75) is 69.6 Å². The van der Waals surface area contributed by atoms with Crippen LogP contribution in [0.4, 0.5) is 0 Å². The zero-order valence-corrected chi connectivity index (χ0v) is 13.4. The highest BCUT2D eigenvalue weighted by atomic mass is 16.5. The number of likely N-dealkylation sites (tertiary alicyclic amines) is 1. The fourth-order valence-corrected chi connectivity index (χ4v) is 6.15. The number of rotatable bonds is 2. The lowest BCUT2D eigenvalue weighted by Crippen LogP contribution is -2.49. The van der Waals surface area contributed by atoms with Crippen LogP contribution >= 0.6 is 0 Å². The third-order valence-electron chi connectivity index (χ3n) is 7.44. The smallest absolute Gasteiger partial charge is 0.311 e. The molecule has 7 atom stereocenters. The van der Waals surface area contributed by atoms with E-state index in [0.717, 1.165) is 44.4 Å². The number of hydrogen-bond acceptors (Lipinski definition) is 3. The van der Waals surface area contributed by atoms with Crippen LogP contribution in [0, 0.1) is 23.2 Å². The fraction of sp³-hybridized carbons (Fsp3) is 0.889. The van der Waals surface area contributed by atoms with E-state index in [1.165, 1.54) is 6.42 Å². The van der Waals surface area contributed by atoms with Crippen molar-refractivity contribution in [3.8, 4) is 0 Å². The number of carboxylic acids is 1. The second kappa shape index (κ2) is 4.71. The Morgan fingerprint density at radius 3 is 2.70 bits per heavy atom. The molecular formula is C18H25NO4. The van der Waals surface area contributed by atoms with Crippen molar-refractivity contribution in [3.63, 3.8) is 0 Å². The van der Waals surface area contributed by atoms with Crippen molar-refractivity contribution in [3.05, 3.63) is 0 Å². The van der Waals surface area contributed by atoms with Gasteiger partial charge in [-0.3, -0.25) is 9.59 Å². The molecule has 5 nitrogen and oxygen atoms in total. The first-order valence-corrected chi connectivity index (χ1v) is 9.31. The first kappa shape index (κ1) is 14.3. The molecule has 3 heterocycles. The summed E-state index contributed by atoms with van der Waals surface area (Å²) in [5, 5.41) is 9.88. The number of carboxylic acid groups (broad SMARTS) is 1. The third-order valence-corrected chi connectivity index (χ3v) is 7.44. The zero-order chi connectivity index (χ0) is 15.8. The summed E-state index contributed by atoms with van der Waals surface area (Å²) < 4.78 is 6.00. The van der Waals surface area contributed by atoms with Crippen molar-refractivity contribution in [2.75, 3.05) is 6.54 Å². The van der Waals surface area contributed by atoms with Gasteiger partial charge in [0.1, 0.15) is 0 Å². The highest BCUT2D eigenvalue weighted by Crippen LogP contribution is 2.61. The Balaban J connectivity index is 1.40. The van der Waals surface area contributed by atoms with Crippen molar-refractivity contribution in [1.82, 2.24) is 4.90 Å². The van der Waals surface area contributed by atoms with Gasteiger partial charge in [-0.25, -0.2) is 0 Å². The molecule has 2 saturated carbocycles. The Labute approximate surface area is 136 Å². The Morgan fingerprint density at radius 2 is 1.96 bits per heavy atom. The molecule has 5 rings (SSSR count). The Morgan fingerprint density at radius 1 is 1.09 bits per heavy atom. The van der Waals surface area contributed by atoms with Gasteiger partial charge in [0.25, 0.3) is 0 Å². The topological polar surface area (TPSA) is 66.8 Å². The molecule has 0 aromatic carbocycles. The van der Waals surface area contributed by atoms with Gasteiger partial charge in [-0.15, -0.1) is 0 Å². The number of fused-ring (bicyclic) bond motifs is 6.